The lowest BCUT2D eigenvalue weighted by Gasteiger charge is -2.13. The normalized spacial score (nSPS) is 25.6. The van der Waals surface area contributed by atoms with Crippen LogP contribution in [0.15, 0.2) is 11.6 Å². The lowest BCUT2D eigenvalue weighted by Crippen LogP contribution is -2.03. The summed E-state index contributed by atoms with van der Waals surface area (Å²) in [6, 6.07) is 0. The van der Waals surface area contributed by atoms with Gasteiger partial charge < -0.3 is 0 Å². The zero-order chi connectivity index (χ0) is 7.56. The molecule has 1 aliphatic rings. The summed E-state index contributed by atoms with van der Waals surface area (Å²) in [6.07, 6.45) is 6.41. The molecule has 1 rings (SSSR count). The Labute approximate surface area is 64.3 Å². The Balaban J connectivity index is 2.36. The molecule has 1 unspecified atom stereocenters. The van der Waals surface area contributed by atoms with Crippen molar-refractivity contribution in [3.8, 4) is 0 Å². The summed E-state index contributed by atoms with van der Waals surface area (Å²) in [4.78, 5) is 0. The molecule has 0 aromatic carbocycles. The first-order chi connectivity index (χ1) is 4.74. The molecule has 0 nitrogen and oxygen atoms in total. The molecule has 0 saturated heterocycles. The van der Waals surface area contributed by atoms with Crippen molar-refractivity contribution in [2.75, 3.05) is 0 Å². The zero-order valence-electron chi connectivity index (χ0n) is 7.35. The summed E-state index contributed by atoms with van der Waals surface area (Å²) in [5, 5.41) is 0. The molecule has 0 heterocycles. The highest BCUT2D eigenvalue weighted by atomic mass is 14.2. The predicted molar refractivity (Wildman–Crippen MR) is 45.9 cm³/mol. The third-order valence-electron chi connectivity index (χ3n) is 2.63. The van der Waals surface area contributed by atoms with Crippen molar-refractivity contribution in [3.63, 3.8) is 0 Å². The summed E-state index contributed by atoms with van der Waals surface area (Å²) < 4.78 is 0. The molecule has 10 heavy (non-hydrogen) atoms. The van der Waals surface area contributed by atoms with Crippen molar-refractivity contribution in [3.05, 3.63) is 11.6 Å². The minimum absolute atomic E-state index is 0.875. The predicted octanol–water partition coefficient (Wildman–Crippen LogP) is 3.39. The van der Waals surface area contributed by atoms with Crippen LogP contribution in [0.4, 0.5) is 0 Å². The van der Waals surface area contributed by atoms with Gasteiger partial charge in [-0.3, -0.25) is 0 Å². The molecule has 0 saturated carbocycles. The molecular weight excluding hydrogens is 120 g/mol. The van der Waals surface area contributed by atoms with E-state index in [0.29, 0.717) is 0 Å². The van der Waals surface area contributed by atoms with Gasteiger partial charge in [0.15, 0.2) is 0 Å². The molecular formula is C10H18. The van der Waals surface area contributed by atoms with Gasteiger partial charge in [0.1, 0.15) is 0 Å². The van der Waals surface area contributed by atoms with Gasteiger partial charge in [-0.25, -0.2) is 0 Å². The van der Waals surface area contributed by atoms with Crippen LogP contribution >= 0.6 is 0 Å². The molecule has 58 valence electrons. The number of allylic oxidation sites excluding steroid dienone is 2. The largest absolute Gasteiger partial charge is 0.0850 e. The highest BCUT2D eigenvalue weighted by Gasteiger charge is 2.18. The molecule has 0 fully saturated rings. The Morgan fingerprint density at radius 1 is 1.60 bits per heavy atom. The smallest absolute Gasteiger partial charge is 0.0287 e. The maximum atomic E-state index is 2.44. The van der Waals surface area contributed by atoms with Crippen LogP contribution in [0.25, 0.3) is 0 Å². The van der Waals surface area contributed by atoms with Gasteiger partial charge in [0, 0.05) is 0 Å². The highest BCUT2D eigenvalue weighted by molar-refractivity contribution is 5.09. The van der Waals surface area contributed by atoms with E-state index in [1.54, 1.807) is 5.57 Å². The first kappa shape index (κ1) is 7.84. The van der Waals surface area contributed by atoms with E-state index in [2.05, 4.69) is 26.8 Å². The maximum absolute atomic E-state index is 2.44. The van der Waals surface area contributed by atoms with Crippen molar-refractivity contribution in [1.82, 2.24) is 0 Å². The second kappa shape index (κ2) is 3.23. The summed E-state index contributed by atoms with van der Waals surface area (Å²) in [5.74, 6) is 1.83. The summed E-state index contributed by atoms with van der Waals surface area (Å²) in [7, 11) is 0. The average molecular weight is 138 g/mol. The van der Waals surface area contributed by atoms with Crippen molar-refractivity contribution < 1.29 is 0 Å². The van der Waals surface area contributed by atoms with E-state index >= 15 is 0 Å². The van der Waals surface area contributed by atoms with Crippen LogP contribution in [0.2, 0.25) is 0 Å². The number of hydrogen-bond acceptors (Lipinski definition) is 0. The fraction of sp³-hybridized carbons (Fsp3) is 0.800. The van der Waals surface area contributed by atoms with Crippen LogP contribution in [0, 0.1) is 11.8 Å². The molecule has 0 heteroatoms. The highest BCUT2D eigenvalue weighted by Crippen LogP contribution is 2.31. The molecule has 1 atom stereocenters. The van der Waals surface area contributed by atoms with Gasteiger partial charge in [-0.2, -0.15) is 0 Å². The molecule has 0 aromatic heterocycles. The first-order valence-electron chi connectivity index (χ1n) is 4.42. The Hall–Kier alpha value is -0.260. The molecule has 0 aromatic rings. The van der Waals surface area contributed by atoms with Gasteiger partial charge in [0.05, 0.1) is 0 Å². The van der Waals surface area contributed by atoms with E-state index in [1.807, 2.05) is 0 Å². The third-order valence-corrected chi connectivity index (χ3v) is 2.63. The van der Waals surface area contributed by atoms with Gasteiger partial charge >= 0.3 is 0 Å². The van der Waals surface area contributed by atoms with E-state index in [4.69, 9.17) is 0 Å². The van der Waals surface area contributed by atoms with Crippen molar-refractivity contribution in [2.45, 2.75) is 40.0 Å². The van der Waals surface area contributed by atoms with Crippen LogP contribution in [0.3, 0.4) is 0 Å². The lowest BCUT2D eigenvalue weighted by molar-refractivity contribution is 0.403. The van der Waals surface area contributed by atoms with Gasteiger partial charge in [0.2, 0.25) is 0 Å². The summed E-state index contributed by atoms with van der Waals surface area (Å²) >= 11 is 0. The molecule has 0 spiro atoms. The SMILES string of the molecule is CCC1=CCC(C(C)C)C1. The standard InChI is InChI=1S/C10H18/c1-4-9-5-6-10(7-9)8(2)3/h5,8,10H,4,6-7H2,1-3H3. The van der Waals surface area contributed by atoms with Crippen molar-refractivity contribution >= 4 is 0 Å². The number of rotatable bonds is 2. The van der Waals surface area contributed by atoms with Gasteiger partial charge in [-0.15, -0.1) is 0 Å². The Bertz CT molecular complexity index is 131. The Kier molecular flexibility index (Phi) is 2.53. The topological polar surface area (TPSA) is 0 Å². The molecule has 0 aliphatic heterocycles. The van der Waals surface area contributed by atoms with E-state index < -0.39 is 0 Å². The average Bonchev–Trinajstić information content (AvgIpc) is 2.34. The van der Waals surface area contributed by atoms with E-state index in [-0.39, 0.29) is 0 Å². The van der Waals surface area contributed by atoms with Crippen molar-refractivity contribution in [2.24, 2.45) is 11.8 Å². The molecule has 0 amide bonds. The molecule has 1 aliphatic carbocycles. The van der Waals surface area contributed by atoms with E-state index in [9.17, 15) is 0 Å². The second-order valence-corrected chi connectivity index (χ2v) is 3.66. The van der Waals surface area contributed by atoms with Crippen LogP contribution in [-0.4, -0.2) is 0 Å². The fourth-order valence-electron chi connectivity index (χ4n) is 1.62. The molecule has 0 N–H and O–H groups in total. The molecule has 0 radical (unpaired) electrons. The van der Waals surface area contributed by atoms with Gasteiger partial charge in [-0.1, -0.05) is 32.4 Å². The monoisotopic (exact) mass is 138 g/mol. The molecule has 0 bridgehead atoms. The van der Waals surface area contributed by atoms with Gasteiger partial charge in [-0.05, 0) is 31.1 Å². The van der Waals surface area contributed by atoms with E-state index in [0.717, 1.165) is 11.8 Å². The summed E-state index contributed by atoms with van der Waals surface area (Å²) in [6.45, 7) is 6.92. The minimum atomic E-state index is 0.875. The van der Waals surface area contributed by atoms with Crippen LogP contribution in [-0.2, 0) is 0 Å². The second-order valence-electron chi connectivity index (χ2n) is 3.66. The minimum Gasteiger partial charge on any atom is -0.0850 e. The lowest BCUT2D eigenvalue weighted by atomic mass is 9.92. The Morgan fingerprint density at radius 3 is 2.60 bits per heavy atom. The van der Waals surface area contributed by atoms with Crippen LogP contribution in [0.5, 0.6) is 0 Å². The quantitative estimate of drug-likeness (QED) is 0.513. The zero-order valence-corrected chi connectivity index (χ0v) is 7.35. The first-order valence-corrected chi connectivity index (χ1v) is 4.42. The van der Waals surface area contributed by atoms with Crippen molar-refractivity contribution in [1.29, 1.82) is 0 Å². The fourth-order valence-corrected chi connectivity index (χ4v) is 1.62. The maximum Gasteiger partial charge on any atom is -0.0287 e. The van der Waals surface area contributed by atoms with E-state index in [1.165, 1.54) is 19.3 Å². The Morgan fingerprint density at radius 2 is 2.30 bits per heavy atom. The third kappa shape index (κ3) is 1.62. The van der Waals surface area contributed by atoms with Gasteiger partial charge in [0.25, 0.3) is 0 Å². The summed E-state index contributed by atoms with van der Waals surface area (Å²) in [5.41, 5.74) is 1.68. The van der Waals surface area contributed by atoms with Crippen LogP contribution < -0.4 is 0 Å². The van der Waals surface area contributed by atoms with Crippen LogP contribution in [0.1, 0.15) is 40.0 Å². The number of hydrogen-bond donors (Lipinski definition) is 0.